The number of nitrogens with one attached hydrogen (secondary N) is 2. The van der Waals surface area contributed by atoms with Gasteiger partial charge in [-0.15, -0.1) is 11.3 Å². The molecule has 0 saturated heterocycles. The van der Waals surface area contributed by atoms with Crippen molar-refractivity contribution < 1.29 is 4.79 Å². The topological polar surface area (TPSA) is 70.7 Å². The molecule has 1 amide bonds. The lowest BCUT2D eigenvalue weighted by Gasteiger charge is -1.96. The van der Waals surface area contributed by atoms with Crippen molar-refractivity contribution in [2.24, 2.45) is 0 Å². The van der Waals surface area contributed by atoms with Gasteiger partial charge in [-0.05, 0) is 12.1 Å². The molecular weight excluding hydrogens is 236 g/mol. The fraction of sp³-hybridized carbons (Fsp3) is 0. The van der Waals surface area contributed by atoms with Crippen LogP contribution in [-0.2, 0) is 0 Å². The Bertz CT molecular complexity index is 626. The van der Waals surface area contributed by atoms with Gasteiger partial charge in [0.1, 0.15) is 0 Å². The number of aromatic amines is 1. The zero-order valence-corrected chi connectivity index (χ0v) is 9.49. The molecule has 2 aromatic heterocycles. The molecule has 0 aliphatic carbocycles. The van der Waals surface area contributed by atoms with E-state index < -0.39 is 0 Å². The number of hydrogen-bond donors (Lipinski definition) is 2. The highest BCUT2D eigenvalue weighted by atomic mass is 32.1. The van der Waals surface area contributed by atoms with Gasteiger partial charge in [0.25, 0.3) is 5.91 Å². The number of thiazole rings is 1. The largest absolute Gasteiger partial charge is 0.324 e. The highest BCUT2D eigenvalue weighted by Crippen LogP contribution is 2.14. The molecule has 0 unspecified atom stereocenters. The van der Waals surface area contributed by atoms with Crippen molar-refractivity contribution in [3.8, 4) is 0 Å². The maximum atomic E-state index is 11.7. The molecule has 5 nitrogen and oxygen atoms in total. The van der Waals surface area contributed by atoms with Crippen molar-refractivity contribution in [3.05, 3.63) is 40.8 Å². The van der Waals surface area contributed by atoms with E-state index in [0.29, 0.717) is 11.0 Å². The molecule has 0 saturated carbocycles. The third kappa shape index (κ3) is 1.90. The van der Waals surface area contributed by atoms with Crippen LogP contribution in [0.2, 0.25) is 0 Å². The maximum Gasteiger partial charge on any atom is 0.286 e. The minimum atomic E-state index is -0.251. The predicted molar refractivity (Wildman–Crippen MR) is 66.2 cm³/mol. The van der Waals surface area contributed by atoms with Crippen LogP contribution in [0.25, 0.3) is 11.0 Å². The SMILES string of the molecule is O=C(Nc1nc2ccccc2[nH]1)c1nccs1. The third-order valence-electron chi connectivity index (χ3n) is 2.25. The Morgan fingerprint density at radius 1 is 1.35 bits per heavy atom. The number of amides is 1. The van der Waals surface area contributed by atoms with Crippen LogP contribution in [0.3, 0.4) is 0 Å². The number of H-pyrrole nitrogens is 1. The number of benzene rings is 1. The molecule has 3 rings (SSSR count). The molecule has 1 aromatic carbocycles. The molecule has 17 heavy (non-hydrogen) atoms. The highest BCUT2D eigenvalue weighted by molar-refractivity contribution is 7.11. The smallest absolute Gasteiger partial charge is 0.286 e. The lowest BCUT2D eigenvalue weighted by Crippen LogP contribution is -2.12. The molecule has 6 heteroatoms. The second-order valence-electron chi connectivity index (χ2n) is 3.39. The summed E-state index contributed by atoms with van der Waals surface area (Å²) in [6.45, 7) is 0. The molecule has 3 aromatic rings. The number of aromatic nitrogens is 3. The minimum absolute atomic E-state index is 0.251. The van der Waals surface area contributed by atoms with E-state index in [0.717, 1.165) is 11.0 Å². The first-order chi connectivity index (χ1) is 8.33. The minimum Gasteiger partial charge on any atom is -0.324 e. The van der Waals surface area contributed by atoms with Gasteiger partial charge in [0.05, 0.1) is 11.0 Å². The van der Waals surface area contributed by atoms with Gasteiger partial charge >= 0.3 is 0 Å². The van der Waals surface area contributed by atoms with Crippen molar-refractivity contribution in [2.45, 2.75) is 0 Å². The van der Waals surface area contributed by atoms with Crippen molar-refractivity contribution in [1.29, 1.82) is 0 Å². The summed E-state index contributed by atoms with van der Waals surface area (Å²) in [7, 11) is 0. The van der Waals surface area contributed by atoms with Crippen LogP contribution in [0.4, 0.5) is 5.95 Å². The first kappa shape index (κ1) is 9.98. The number of carbonyl (C=O) groups excluding carboxylic acids is 1. The zero-order chi connectivity index (χ0) is 11.7. The Balaban J connectivity index is 1.88. The van der Waals surface area contributed by atoms with E-state index in [2.05, 4.69) is 20.3 Å². The van der Waals surface area contributed by atoms with Crippen LogP contribution in [-0.4, -0.2) is 20.9 Å². The summed E-state index contributed by atoms with van der Waals surface area (Å²) in [6, 6.07) is 7.59. The Morgan fingerprint density at radius 3 is 3.00 bits per heavy atom. The molecule has 0 fully saturated rings. The average molecular weight is 244 g/mol. The maximum absolute atomic E-state index is 11.7. The van der Waals surface area contributed by atoms with Gasteiger partial charge < -0.3 is 4.98 Å². The zero-order valence-electron chi connectivity index (χ0n) is 8.68. The number of imidazole rings is 1. The Kier molecular flexibility index (Phi) is 2.34. The van der Waals surface area contributed by atoms with Crippen LogP contribution in [0.1, 0.15) is 9.80 Å². The summed E-state index contributed by atoms with van der Waals surface area (Å²) in [4.78, 5) is 22.9. The predicted octanol–water partition coefficient (Wildman–Crippen LogP) is 2.27. The van der Waals surface area contributed by atoms with Gasteiger partial charge in [0.2, 0.25) is 5.95 Å². The number of rotatable bonds is 2. The lowest BCUT2D eigenvalue weighted by atomic mass is 10.3. The number of fused-ring (bicyclic) bond motifs is 1. The second-order valence-corrected chi connectivity index (χ2v) is 4.29. The van der Waals surface area contributed by atoms with Crippen LogP contribution in [0, 0.1) is 0 Å². The first-order valence-electron chi connectivity index (χ1n) is 4.98. The third-order valence-corrected chi connectivity index (χ3v) is 3.02. The number of anilines is 1. The molecule has 0 bridgehead atoms. The van der Waals surface area contributed by atoms with Crippen LogP contribution in [0.15, 0.2) is 35.8 Å². The van der Waals surface area contributed by atoms with Crippen molar-refractivity contribution >= 4 is 34.2 Å². The van der Waals surface area contributed by atoms with Crippen LogP contribution in [0.5, 0.6) is 0 Å². The summed E-state index contributed by atoms with van der Waals surface area (Å²) >= 11 is 1.29. The van der Waals surface area contributed by atoms with Crippen molar-refractivity contribution in [2.75, 3.05) is 5.32 Å². The summed E-state index contributed by atoms with van der Waals surface area (Å²) in [6.07, 6.45) is 1.60. The summed E-state index contributed by atoms with van der Waals surface area (Å²) in [5.41, 5.74) is 1.71. The van der Waals surface area contributed by atoms with Crippen molar-refractivity contribution in [1.82, 2.24) is 15.0 Å². The van der Waals surface area contributed by atoms with Gasteiger partial charge in [-0.3, -0.25) is 10.1 Å². The van der Waals surface area contributed by atoms with E-state index in [-0.39, 0.29) is 5.91 Å². The summed E-state index contributed by atoms with van der Waals surface area (Å²) < 4.78 is 0. The lowest BCUT2D eigenvalue weighted by molar-refractivity contribution is 0.102. The molecule has 2 heterocycles. The molecule has 0 aliphatic heterocycles. The van der Waals surface area contributed by atoms with E-state index in [1.807, 2.05) is 24.3 Å². The number of nitrogens with zero attached hydrogens (tertiary/aromatic N) is 2. The van der Waals surface area contributed by atoms with Gasteiger partial charge in [-0.2, -0.15) is 0 Å². The molecule has 84 valence electrons. The molecule has 0 spiro atoms. The monoisotopic (exact) mass is 244 g/mol. The van der Waals surface area contributed by atoms with Gasteiger partial charge in [0.15, 0.2) is 5.01 Å². The fourth-order valence-electron chi connectivity index (χ4n) is 1.51. The number of para-hydroxylation sites is 2. The summed E-state index contributed by atoms with van der Waals surface area (Å²) in [5.74, 6) is 0.186. The van der Waals surface area contributed by atoms with E-state index in [9.17, 15) is 4.79 Å². The molecule has 0 radical (unpaired) electrons. The highest BCUT2D eigenvalue weighted by Gasteiger charge is 2.10. The number of carbonyl (C=O) groups is 1. The van der Waals surface area contributed by atoms with Gasteiger partial charge in [-0.25, -0.2) is 9.97 Å². The summed E-state index contributed by atoms with van der Waals surface area (Å²) in [5, 5.41) is 4.86. The molecular formula is C11H8N4OS. The van der Waals surface area contributed by atoms with Crippen LogP contribution < -0.4 is 5.32 Å². The van der Waals surface area contributed by atoms with E-state index in [1.165, 1.54) is 11.3 Å². The van der Waals surface area contributed by atoms with E-state index in [1.54, 1.807) is 11.6 Å². The van der Waals surface area contributed by atoms with Crippen molar-refractivity contribution in [3.63, 3.8) is 0 Å². The van der Waals surface area contributed by atoms with E-state index in [4.69, 9.17) is 0 Å². The van der Waals surface area contributed by atoms with E-state index >= 15 is 0 Å². The van der Waals surface area contributed by atoms with Gasteiger partial charge in [0, 0.05) is 11.6 Å². The first-order valence-corrected chi connectivity index (χ1v) is 5.86. The van der Waals surface area contributed by atoms with Gasteiger partial charge in [-0.1, -0.05) is 12.1 Å². The molecule has 0 aliphatic rings. The standard InChI is InChI=1S/C11H8N4OS/c16-9(10-12-5-6-17-10)15-11-13-7-3-1-2-4-8(7)14-11/h1-6H,(H2,13,14,15,16). The Labute approximate surface area is 101 Å². The Morgan fingerprint density at radius 2 is 2.24 bits per heavy atom. The van der Waals surface area contributed by atoms with Crippen LogP contribution >= 0.6 is 11.3 Å². The molecule has 0 atom stereocenters. The Hall–Kier alpha value is -2.21. The average Bonchev–Trinajstić information content (AvgIpc) is 2.97. The number of hydrogen-bond acceptors (Lipinski definition) is 4. The second kappa shape index (κ2) is 3.99. The molecule has 2 N–H and O–H groups in total. The fourth-order valence-corrected chi connectivity index (χ4v) is 2.04. The quantitative estimate of drug-likeness (QED) is 0.726. The normalized spacial score (nSPS) is 10.6.